The lowest BCUT2D eigenvalue weighted by Crippen LogP contribution is -2.17. The average Bonchev–Trinajstić information content (AvgIpc) is 2.53. The number of nitrogens with one attached hydrogen (secondary N) is 1. The van der Waals surface area contributed by atoms with E-state index in [1.54, 1.807) is 12.1 Å². The number of carbonyl (C=O) groups excluding carboxylic acids is 1. The van der Waals surface area contributed by atoms with E-state index in [0.717, 1.165) is 12.0 Å². The van der Waals surface area contributed by atoms with Crippen LogP contribution in [-0.4, -0.2) is 11.0 Å². The predicted molar refractivity (Wildman–Crippen MR) is 48.2 cm³/mol. The van der Waals surface area contributed by atoms with Gasteiger partial charge in [-0.15, -0.1) is 0 Å². The maximum absolute atomic E-state index is 10.9. The van der Waals surface area contributed by atoms with Gasteiger partial charge in [0.2, 0.25) is 5.91 Å². The van der Waals surface area contributed by atoms with E-state index in [2.05, 4.69) is 5.32 Å². The highest BCUT2D eigenvalue weighted by atomic mass is 16.3. The Kier molecular flexibility index (Phi) is 1.93. The lowest BCUT2D eigenvalue weighted by molar-refractivity contribution is -0.119. The fraction of sp³-hybridized carbons (Fsp3) is 0.300. The van der Waals surface area contributed by atoms with Crippen molar-refractivity contribution in [2.75, 3.05) is 0 Å². The lowest BCUT2D eigenvalue weighted by atomic mass is 10.1. The summed E-state index contributed by atoms with van der Waals surface area (Å²) >= 11 is 0. The average molecular weight is 177 g/mol. The van der Waals surface area contributed by atoms with Gasteiger partial charge < -0.3 is 10.4 Å². The fourth-order valence-corrected chi connectivity index (χ4v) is 1.57. The van der Waals surface area contributed by atoms with Crippen LogP contribution < -0.4 is 5.32 Å². The SMILES string of the molecule is O=C1CC[C@H](c2ccc(O)cc2)N1. The molecule has 1 aliphatic heterocycles. The van der Waals surface area contributed by atoms with E-state index in [0.29, 0.717) is 6.42 Å². The third-order valence-corrected chi connectivity index (χ3v) is 2.29. The van der Waals surface area contributed by atoms with Crippen molar-refractivity contribution in [3.63, 3.8) is 0 Å². The Morgan fingerprint density at radius 1 is 1.31 bits per heavy atom. The first-order valence-electron chi connectivity index (χ1n) is 4.34. The molecule has 1 aliphatic rings. The van der Waals surface area contributed by atoms with Crippen LogP contribution in [0.1, 0.15) is 24.4 Å². The third-order valence-electron chi connectivity index (χ3n) is 2.29. The van der Waals surface area contributed by atoms with Gasteiger partial charge in [0, 0.05) is 6.42 Å². The summed E-state index contributed by atoms with van der Waals surface area (Å²) in [6.07, 6.45) is 1.45. The van der Waals surface area contributed by atoms with Crippen molar-refractivity contribution in [2.24, 2.45) is 0 Å². The Hall–Kier alpha value is -1.51. The minimum atomic E-state index is 0.109. The molecular weight excluding hydrogens is 166 g/mol. The molecule has 0 aliphatic carbocycles. The number of carbonyl (C=O) groups is 1. The minimum Gasteiger partial charge on any atom is -0.508 e. The monoisotopic (exact) mass is 177 g/mol. The first-order valence-corrected chi connectivity index (χ1v) is 4.34. The largest absolute Gasteiger partial charge is 0.508 e. The normalized spacial score (nSPS) is 21.5. The van der Waals surface area contributed by atoms with Crippen LogP contribution in [0, 0.1) is 0 Å². The number of hydrogen-bond donors (Lipinski definition) is 2. The summed E-state index contributed by atoms with van der Waals surface area (Å²) in [6, 6.07) is 7.09. The maximum atomic E-state index is 10.9. The molecule has 0 unspecified atom stereocenters. The smallest absolute Gasteiger partial charge is 0.220 e. The Morgan fingerprint density at radius 3 is 2.54 bits per heavy atom. The first-order chi connectivity index (χ1) is 6.25. The molecule has 1 aromatic carbocycles. The van der Waals surface area contributed by atoms with Crippen molar-refractivity contribution in [3.05, 3.63) is 29.8 Å². The zero-order chi connectivity index (χ0) is 9.26. The molecule has 0 aromatic heterocycles. The number of rotatable bonds is 1. The standard InChI is InChI=1S/C10H11NO2/c12-8-3-1-7(2-4-8)9-5-6-10(13)11-9/h1-4,9,12H,5-6H2,(H,11,13)/t9-/m1/s1. The van der Waals surface area contributed by atoms with Gasteiger partial charge in [-0.25, -0.2) is 0 Å². The molecule has 0 spiro atoms. The lowest BCUT2D eigenvalue weighted by Gasteiger charge is -2.09. The van der Waals surface area contributed by atoms with Crippen LogP contribution in [0.5, 0.6) is 5.75 Å². The summed E-state index contributed by atoms with van der Waals surface area (Å²) in [6.45, 7) is 0. The molecule has 68 valence electrons. The summed E-state index contributed by atoms with van der Waals surface area (Å²) in [5.74, 6) is 0.367. The van der Waals surface area contributed by atoms with Crippen LogP contribution in [0.3, 0.4) is 0 Å². The number of aromatic hydroxyl groups is 1. The van der Waals surface area contributed by atoms with Gasteiger partial charge in [0.1, 0.15) is 5.75 Å². The van der Waals surface area contributed by atoms with Crippen molar-refractivity contribution >= 4 is 5.91 Å². The summed E-state index contributed by atoms with van der Waals surface area (Å²) in [5, 5.41) is 11.9. The third kappa shape index (κ3) is 1.64. The van der Waals surface area contributed by atoms with Crippen molar-refractivity contribution in [1.82, 2.24) is 5.32 Å². The van der Waals surface area contributed by atoms with Gasteiger partial charge in [0.05, 0.1) is 6.04 Å². The molecule has 1 atom stereocenters. The molecule has 0 radical (unpaired) electrons. The van der Waals surface area contributed by atoms with Crippen LogP contribution in [0.4, 0.5) is 0 Å². The van der Waals surface area contributed by atoms with E-state index in [-0.39, 0.29) is 17.7 Å². The molecule has 0 bridgehead atoms. The summed E-state index contributed by atoms with van der Waals surface area (Å²) in [4.78, 5) is 10.9. The first kappa shape index (κ1) is 8.10. The molecule has 1 aromatic rings. The predicted octanol–water partition coefficient (Wildman–Crippen LogP) is 1.34. The minimum absolute atomic E-state index is 0.109. The highest BCUT2D eigenvalue weighted by Gasteiger charge is 2.21. The maximum Gasteiger partial charge on any atom is 0.220 e. The number of hydrogen-bond acceptors (Lipinski definition) is 2. The van der Waals surface area contributed by atoms with Gasteiger partial charge in [-0.1, -0.05) is 12.1 Å². The highest BCUT2D eigenvalue weighted by Crippen LogP contribution is 2.24. The van der Waals surface area contributed by atoms with Crippen molar-refractivity contribution in [2.45, 2.75) is 18.9 Å². The van der Waals surface area contributed by atoms with Gasteiger partial charge in [0.25, 0.3) is 0 Å². The zero-order valence-electron chi connectivity index (χ0n) is 7.16. The Labute approximate surface area is 76.4 Å². The van der Waals surface area contributed by atoms with E-state index in [1.165, 1.54) is 0 Å². The molecule has 1 amide bonds. The highest BCUT2D eigenvalue weighted by molar-refractivity contribution is 5.78. The van der Waals surface area contributed by atoms with Crippen LogP contribution in [-0.2, 0) is 4.79 Å². The molecule has 1 heterocycles. The molecule has 1 saturated heterocycles. The number of phenolic OH excluding ortho intramolecular Hbond substituents is 1. The van der Waals surface area contributed by atoms with Crippen molar-refractivity contribution in [1.29, 1.82) is 0 Å². The molecule has 1 fully saturated rings. The summed E-state index contributed by atoms with van der Waals surface area (Å²) in [5.41, 5.74) is 1.06. The van der Waals surface area contributed by atoms with E-state index >= 15 is 0 Å². The van der Waals surface area contributed by atoms with E-state index < -0.39 is 0 Å². The summed E-state index contributed by atoms with van der Waals surface area (Å²) in [7, 11) is 0. The molecular formula is C10H11NO2. The van der Waals surface area contributed by atoms with Crippen molar-refractivity contribution < 1.29 is 9.90 Å². The molecule has 2 rings (SSSR count). The molecule has 3 nitrogen and oxygen atoms in total. The fourth-order valence-electron chi connectivity index (χ4n) is 1.57. The van der Waals surface area contributed by atoms with Gasteiger partial charge in [-0.3, -0.25) is 4.79 Å². The zero-order valence-corrected chi connectivity index (χ0v) is 7.16. The number of amides is 1. The van der Waals surface area contributed by atoms with Crippen LogP contribution in [0.2, 0.25) is 0 Å². The second-order valence-corrected chi connectivity index (χ2v) is 3.25. The van der Waals surface area contributed by atoms with Crippen molar-refractivity contribution in [3.8, 4) is 5.75 Å². The number of phenols is 1. The second-order valence-electron chi connectivity index (χ2n) is 3.25. The molecule has 2 N–H and O–H groups in total. The Balaban J connectivity index is 2.17. The molecule has 3 heteroatoms. The van der Waals surface area contributed by atoms with E-state index in [4.69, 9.17) is 5.11 Å². The second kappa shape index (κ2) is 3.09. The quantitative estimate of drug-likeness (QED) is 0.680. The molecule has 0 saturated carbocycles. The van der Waals surface area contributed by atoms with Gasteiger partial charge in [-0.2, -0.15) is 0 Å². The van der Waals surface area contributed by atoms with Gasteiger partial charge in [-0.05, 0) is 24.1 Å². The Morgan fingerprint density at radius 2 is 2.00 bits per heavy atom. The number of benzene rings is 1. The summed E-state index contributed by atoms with van der Waals surface area (Å²) < 4.78 is 0. The Bertz CT molecular complexity index is 318. The van der Waals surface area contributed by atoms with Gasteiger partial charge in [0.15, 0.2) is 0 Å². The van der Waals surface area contributed by atoms with E-state index in [1.807, 2.05) is 12.1 Å². The van der Waals surface area contributed by atoms with E-state index in [9.17, 15) is 4.79 Å². The van der Waals surface area contributed by atoms with Crippen LogP contribution >= 0.6 is 0 Å². The molecule has 13 heavy (non-hydrogen) atoms. The van der Waals surface area contributed by atoms with Crippen LogP contribution in [0.15, 0.2) is 24.3 Å². The van der Waals surface area contributed by atoms with Gasteiger partial charge >= 0.3 is 0 Å². The topological polar surface area (TPSA) is 49.3 Å². The van der Waals surface area contributed by atoms with Crippen LogP contribution in [0.25, 0.3) is 0 Å².